The zero-order valence-electron chi connectivity index (χ0n) is 12.1. The lowest BCUT2D eigenvalue weighted by Crippen LogP contribution is -2.31. The van der Waals surface area contributed by atoms with Gasteiger partial charge in [-0.15, -0.1) is 0 Å². The smallest absolute Gasteiger partial charge is 0.140 e. The van der Waals surface area contributed by atoms with E-state index in [2.05, 4.69) is 6.07 Å². The molecule has 2 aromatic carbocycles. The fourth-order valence-corrected chi connectivity index (χ4v) is 2.49. The lowest BCUT2D eigenvalue weighted by Gasteiger charge is -2.25. The van der Waals surface area contributed by atoms with E-state index in [1.54, 1.807) is 18.2 Å². The molecular formula is C17H19Cl2NO. The van der Waals surface area contributed by atoms with Crippen molar-refractivity contribution in [1.82, 2.24) is 0 Å². The van der Waals surface area contributed by atoms with E-state index in [0.29, 0.717) is 15.8 Å². The van der Waals surface area contributed by atoms with Gasteiger partial charge in [0.15, 0.2) is 0 Å². The number of hydrogen-bond acceptors (Lipinski definition) is 2. The molecule has 0 heterocycles. The molecule has 0 aliphatic carbocycles. The Morgan fingerprint density at radius 3 is 2.57 bits per heavy atom. The minimum atomic E-state index is -0.258. The van der Waals surface area contributed by atoms with Crippen molar-refractivity contribution in [3.05, 3.63) is 63.6 Å². The van der Waals surface area contributed by atoms with Crippen LogP contribution in [0.3, 0.4) is 0 Å². The van der Waals surface area contributed by atoms with E-state index >= 15 is 0 Å². The first-order chi connectivity index (χ1) is 10.0. The molecule has 0 saturated heterocycles. The molecule has 2 nitrogen and oxygen atoms in total. The number of nitrogens with two attached hydrogens (primary N) is 1. The van der Waals surface area contributed by atoms with Crippen LogP contribution in [0, 0.1) is 6.92 Å². The second-order valence-corrected chi connectivity index (χ2v) is 5.94. The summed E-state index contributed by atoms with van der Waals surface area (Å²) < 4.78 is 6.08. The fraction of sp³-hybridized carbons (Fsp3) is 0.294. The minimum absolute atomic E-state index is 0.123. The first kappa shape index (κ1) is 16.2. The van der Waals surface area contributed by atoms with E-state index in [4.69, 9.17) is 33.7 Å². The average Bonchev–Trinajstić information content (AvgIpc) is 2.47. The van der Waals surface area contributed by atoms with Gasteiger partial charge in [-0.25, -0.2) is 0 Å². The van der Waals surface area contributed by atoms with Crippen molar-refractivity contribution >= 4 is 23.2 Å². The summed E-state index contributed by atoms with van der Waals surface area (Å²) in [7, 11) is 0. The molecule has 0 radical (unpaired) electrons. The third-order valence-electron chi connectivity index (χ3n) is 3.38. The van der Waals surface area contributed by atoms with Gasteiger partial charge in [-0.3, -0.25) is 0 Å². The van der Waals surface area contributed by atoms with Gasteiger partial charge in [0.05, 0.1) is 5.02 Å². The Labute approximate surface area is 135 Å². The van der Waals surface area contributed by atoms with E-state index in [1.807, 2.05) is 32.0 Å². The Kier molecular flexibility index (Phi) is 5.51. The van der Waals surface area contributed by atoms with E-state index in [0.717, 1.165) is 12.0 Å². The van der Waals surface area contributed by atoms with Crippen LogP contribution in [0.25, 0.3) is 0 Å². The molecule has 0 fully saturated rings. The molecule has 0 aliphatic rings. The van der Waals surface area contributed by atoms with Crippen LogP contribution in [0.1, 0.15) is 30.6 Å². The number of ether oxygens (including phenoxy) is 1. The third-order valence-corrected chi connectivity index (χ3v) is 3.93. The lowest BCUT2D eigenvalue weighted by atomic mass is 9.99. The quantitative estimate of drug-likeness (QED) is 0.824. The average molecular weight is 324 g/mol. The maximum atomic E-state index is 6.23. The van der Waals surface area contributed by atoms with Crippen molar-refractivity contribution in [3.8, 4) is 5.75 Å². The SMILES string of the molecule is CCC(N)C(Oc1cc(Cl)ccc1Cl)c1cccc(C)c1. The van der Waals surface area contributed by atoms with Gasteiger partial charge < -0.3 is 10.5 Å². The maximum absolute atomic E-state index is 6.23. The summed E-state index contributed by atoms with van der Waals surface area (Å²) in [5.41, 5.74) is 8.44. The third kappa shape index (κ3) is 4.13. The Balaban J connectivity index is 2.35. The highest BCUT2D eigenvalue weighted by atomic mass is 35.5. The molecule has 0 amide bonds. The summed E-state index contributed by atoms with van der Waals surface area (Å²) in [6.07, 6.45) is 0.544. The van der Waals surface area contributed by atoms with Gasteiger partial charge in [-0.2, -0.15) is 0 Å². The van der Waals surface area contributed by atoms with Crippen molar-refractivity contribution < 1.29 is 4.74 Å². The van der Waals surface area contributed by atoms with Gasteiger partial charge in [0.1, 0.15) is 11.9 Å². The largest absolute Gasteiger partial charge is 0.482 e. The van der Waals surface area contributed by atoms with E-state index < -0.39 is 0 Å². The van der Waals surface area contributed by atoms with Crippen LogP contribution in [-0.2, 0) is 0 Å². The Hall–Kier alpha value is -1.22. The maximum Gasteiger partial charge on any atom is 0.140 e. The summed E-state index contributed by atoms with van der Waals surface area (Å²) >= 11 is 12.2. The molecular weight excluding hydrogens is 305 g/mol. The van der Waals surface area contributed by atoms with Crippen LogP contribution < -0.4 is 10.5 Å². The molecule has 0 bridgehead atoms. The van der Waals surface area contributed by atoms with Crippen LogP contribution in [0.5, 0.6) is 5.75 Å². The lowest BCUT2D eigenvalue weighted by molar-refractivity contribution is 0.171. The predicted molar refractivity (Wildman–Crippen MR) is 89.3 cm³/mol. The van der Waals surface area contributed by atoms with Crippen LogP contribution in [-0.4, -0.2) is 6.04 Å². The molecule has 2 aromatic rings. The van der Waals surface area contributed by atoms with Gasteiger partial charge in [-0.05, 0) is 31.0 Å². The number of rotatable bonds is 5. The van der Waals surface area contributed by atoms with Gasteiger partial charge in [-0.1, -0.05) is 60.0 Å². The van der Waals surface area contributed by atoms with Crippen molar-refractivity contribution in [1.29, 1.82) is 0 Å². The molecule has 2 unspecified atom stereocenters. The molecule has 4 heteroatoms. The zero-order chi connectivity index (χ0) is 15.4. The number of benzene rings is 2. The van der Waals surface area contributed by atoms with Crippen molar-refractivity contribution in [2.24, 2.45) is 5.73 Å². The summed E-state index contributed by atoms with van der Waals surface area (Å²) in [6, 6.07) is 13.2. The van der Waals surface area contributed by atoms with E-state index in [9.17, 15) is 0 Å². The second-order valence-electron chi connectivity index (χ2n) is 5.10. The van der Waals surface area contributed by atoms with Crippen LogP contribution in [0.2, 0.25) is 10.0 Å². The number of aryl methyl sites for hydroxylation is 1. The Morgan fingerprint density at radius 2 is 1.90 bits per heavy atom. The highest BCUT2D eigenvalue weighted by Crippen LogP contribution is 2.33. The molecule has 0 aromatic heterocycles. The zero-order valence-corrected chi connectivity index (χ0v) is 13.7. The second kappa shape index (κ2) is 7.17. The summed E-state index contributed by atoms with van der Waals surface area (Å²) in [4.78, 5) is 0. The van der Waals surface area contributed by atoms with Gasteiger partial charge in [0, 0.05) is 17.1 Å². The molecule has 0 saturated carbocycles. The Morgan fingerprint density at radius 1 is 1.14 bits per heavy atom. The molecule has 0 spiro atoms. The van der Waals surface area contributed by atoms with E-state index in [1.165, 1.54) is 5.56 Å². The number of hydrogen-bond donors (Lipinski definition) is 1. The standard InChI is InChI=1S/C17H19Cl2NO/c1-3-15(20)17(12-6-4-5-11(2)9-12)21-16-10-13(18)7-8-14(16)19/h4-10,15,17H,3,20H2,1-2H3. The minimum Gasteiger partial charge on any atom is -0.482 e. The highest BCUT2D eigenvalue weighted by Gasteiger charge is 2.21. The monoisotopic (exact) mass is 323 g/mol. The van der Waals surface area contributed by atoms with Crippen LogP contribution in [0.4, 0.5) is 0 Å². The normalized spacial score (nSPS) is 13.8. The molecule has 112 valence electrons. The molecule has 2 rings (SSSR count). The highest BCUT2D eigenvalue weighted by molar-refractivity contribution is 6.34. The van der Waals surface area contributed by atoms with Gasteiger partial charge >= 0.3 is 0 Å². The molecule has 2 atom stereocenters. The first-order valence-corrected chi connectivity index (χ1v) is 7.70. The van der Waals surface area contributed by atoms with Crippen LogP contribution in [0.15, 0.2) is 42.5 Å². The topological polar surface area (TPSA) is 35.2 Å². The molecule has 21 heavy (non-hydrogen) atoms. The van der Waals surface area contributed by atoms with E-state index in [-0.39, 0.29) is 12.1 Å². The summed E-state index contributed by atoms with van der Waals surface area (Å²) in [5.74, 6) is 0.555. The van der Waals surface area contributed by atoms with Gasteiger partial charge in [0.25, 0.3) is 0 Å². The first-order valence-electron chi connectivity index (χ1n) is 6.95. The van der Waals surface area contributed by atoms with Crippen molar-refractivity contribution in [3.63, 3.8) is 0 Å². The molecule has 0 aliphatic heterocycles. The Bertz CT molecular complexity index is 615. The van der Waals surface area contributed by atoms with Crippen molar-refractivity contribution in [2.75, 3.05) is 0 Å². The molecule has 2 N–H and O–H groups in total. The fourth-order valence-electron chi connectivity index (χ4n) is 2.17. The van der Waals surface area contributed by atoms with Crippen LogP contribution >= 0.6 is 23.2 Å². The number of halogens is 2. The van der Waals surface area contributed by atoms with Crippen molar-refractivity contribution in [2.45, 2.75) is 32.4 Å². The summed E-state index contributed by atoms with van der Waals surface area (Å²) in [6.45, 7) is 4.08. The predicted octanol–water partition coefficient (Wildman–Crippen LogP) is 5.16. The van der Waals surface area contributed by atoms with Gasteiger partial charge in [0.2, 0.25) is 0 Å². The summed E-state index contributed by atoms with van der Waals surface area (Å²) in [5, 5.41) is 1.11.